The fourth-order valence-corrected chi connectivity index (χ4v) is 8.58. The van der Waals surface area contributed by atoms with Gasteiger partial charge in [-0.15, -0.1) is 11.6 Å². The Kier molecular flexibility index (Phi) is 13.9. The van der Waals surface area contributed by atoms with Crippen molar-refractivity contribution < 1.29 is 9.59 Å². The van der Waals surface area contributed by atoms with E-state index in [4.69, 9.17) is 38.2 Å². The number of nitrogens with zero attached hydrogens (tertiary/aromatic N) is 9. The number of hydrogen-bond acceptors (Lipinski definition) is 9. The number of nitrogens with one attached hydrogen (secondary N) is 1. The van der Waals surface area contributed by atoms with Gasteiger partial charge in [-0.1, -0.05) is 54.9 Å². The number of hydrogen-bond donors (Lipinski definition) is 1. The van der Waals surface area contributed by atoms with Crippen molar-refractivity contribution in [1.29, 1.82) is 0 Å². The lowest BCUT2D eigenvalue weighted by molar-refractivity contribution is 0.0513. The molecule has 2 aliphatic rings. The van der Waals surface area contributed by atoms with Crippen molar-refractivity contribution in [2.75, 3.05) is 31.5 Å². The third-order valence-electron chi connectivity index (χ3n) is 11.5. The zero-order valence-corrected chi connectivity index (χ0v) is 35.7. The molecule has 14 heteroatoms. The van der Waals surface area contributed by atoms with Crippen LogP contribution >= 0.6 is 23.2 Å². The SMILES string of the molecule is C=NC(/C=C\C(C)Cl)=NCC1C(C)CCCN1C(=O)c1nc(C)ccc1-c1cncc(CC2CCCN(C(=O)c3nccc4ccccc34)C2CNc2ncc(Cl)cn2)c1. The van der Waals surface area contributed by atoms with E-state index < -0.39 is 0 Å². The second-order valence-electron chi connectivity index (χ2n) is 15.7. The third kappa shape index (κ3) is 10.0. The molecular weight excluding hydrogens is 795 g/mol. The Morgan fingerprint density at radius 1 is 0.967 bits per heavy atom. The van der Waals surface area contributed by atoms with Gasteiger partial charge in [0.05, 0.1) is 36.0 Å². The molecule has 1 aromatic carbocycles. The number of fused-ring (bicyclic) bond motifs is 1. The van der Waals surface area contributed by atoms with Crippen molar-refractivity contribution in [3.63, 3.8) is 0 Å². The number of benzene rings is 1. The van der Waals surface area contributed by atoms with Crippen LogP contribution in [0.25, 0.3) is 21.9 Å². The second kappa shape index (κ2) is 19.6. The van der Waals surface area contributed by atoms with Gasteiger partial charge in [0.2, 0.25) is 5.95 Å². The second-order valence-corrected chi connectivity index (χ2v) is 16.8. The molecule has 12 nitrogen and oxygen atoms in total. The van der Waals surface area contributed by atoms with Crippen LogP contribution in [0.5, 0.6) is 0 Å². The Bertz CT molecular complexity index is 2380. The molecule has 5 unspecified atom stereocenters. The highest BCUT2D eigenvalue weighted by Crippen LogP contribution is 2.33. The van der Waals surface area contributed by atoms with Gasteiger partial charge in [0, 0.05) is 65.8 Å². The number of carbonyl (C=O) groups is 2. The maximum atomic E-state index is 14.6. The lowest BCUT2D eigenvalue weighted by Gasteiger charge is -2.41. The Labute approximate surface area is 361 Å². The van der Waals surface area contributed by atoms with Crippen LogP contribution < -0.4 is 5.32 Å². The number of anilines is 1. The molecule has 4 aromatic heterocycles. The summed E-state index contributed by atoms with van der Waals surface area (Å²) in [5, 5.41) is 5.42. The summed E-state index contributed by atoms with van der Waals surface area (Å²) in [4.78, 5) is 64.7. The van der Waals surface area contributed by atoms with E-state index in [0.717, 1.165) is 53.3 Å². The van der Waals surface area contributed by atoms with Gasteiger partial charge in [-0.2, -0.15) is 0 Å². The number of likely N-dealkylation sites (tertiary alicyclic amines) is 2. The van der Waals surface area contributed by atoms with Crippen molar-refractivity contribution in [3.05, 3.63) is 119 Å². The molecule has 2 saturated heterocycles. The molecular formula is C46H50Cl2N10O2. The average Bonchev–Trinajstić information content (AvgIpc) is 3.26. The topological polar surface area (TPSA) is 142 Å². The number of piperidine rings is 2. The minimum atomic E-state index is -0.223. The van der Waals surface area contributed by atoms with E-state index in [1.807, 2.05) is 78.4 Å². The summed E-state index contributed by atoms with van der Waals surface area (Å²) in [5.74, 6) is 0.939. The number of amidine groups is 1. The smallest absolute Gasteiger partial charge is 0.273 e. The average molecular weight is 846 g/mol. The van der Waals surface area contributed by atoms with Crippen LogP contribution in [-0.4, -0.2) is 103 Å². The van der Waals surface area contributed by atoms with Crippen LogP contribution in [0, 0.1) is 18.8 Å². The van der Waals surface area contributed by atoms with Crippen molar-refractivity contribution >= 4 is 64.3 Å². The van der Waals surface area contributed by atoms with Crippen molar-refractivity contribution in [3.8, 4) is 11.1 Å². The number of aliphatic imine (C=N–C) groups is 2. The fraction of sp³-hybridized carbons (Fsp3) is 0.370. The van der Waals surface area contributed by atoms with E-state index in [2.05, 4.69) is 45.0 Å². The van der Waals surface area contributed by atoms with Crippen molar-refractivity contribution in [1.82, 2.24) is 34.7 Å². The number of rotatable bonds is 12. The predicted molar refractivity (Wildman–Crippen MR) is 240 cm³/mol. The van der Waals surface area contributed by atoms with E-state index in [1.54, 1.807) is 30.9 Å². The van der Waals surface area contributed by atoms with Gasteiger partial charge >= 0.3 is 0 Å². The predicted octanol–water partition coefficient (Wildman–Crippen LogP) is 8.54. The summed E-state index contributed by atoms with van der Waals surface area (Å²) in [6, 6.07) is 15.4. The van der Waals surface area contributed by atoms with Gasteiger partial charge in [0.1, 0.15) is 17.2 Å². The molecule has 5 aromatic rings. The number of alkyl halides is 1. The van der Waals surface area contributed by atoms with Crippen molar-refractivity contribution in [2.24, 2.45) is 21.8 Å². The number of halogens is 2. The Morgan fingerprint density at radius 3 is 2.50 bits per heavy atom. The minimum absolute atomic E-state index is 0.0559. The molecule has 0 aliphatic carbocycles. The molecule has 2 fully saturated rings. The number of amides is 2. The zero-order valence-electron chi connectivity index (χ0n) is 34.2. The first-order valence-electron chi connectivity index (χ1n) is 20.5. The summed E-state index contributed by atoms with van der Waals surface area (Å²) < 4.78 is 0. The molecule has 1 N–H and O–H groups in total. The molecule has 2 amide bonds. The first kappa shape index (κ1) is 42.5. The summed E-state index contributed by atoms with van der Waals surface area (Å²) in [5.41, 5.74) is 4.07. The fourth-order valence-electron chi connectivity index (χ4n) is 8.41. The van der Waals surface area contributed by atoms with Gasteiger partial charge in [-0.05, 0) is 99.7 Å². The Morgan fingerprint density at radius 2 is 1.72 bits per heavy atom. The van der Waals surface area contributed by atoms with Crippen LogP contribution in [0.15, 0.2) is 102 Å². The maximum Gasteiger partial charge on any atom is 0.273 e. The van der Waals surface area contributed by atoms with Crippen molar-refractivity contribution in [2.45, 2.75) is 70.3 Å². The highest BCUT2D eigenvalue weighted by atomic mass is 35.5. The van der Waals surface area contributed by atoms with E-state index in [0.29, 0.717) is 66.4 Å². The van der Waals surface area contributed by atoms with Crippen LogP contribution in [0.2, 0.25) is 5.02 Å². The molecule has 7 rings (SSSR count). The number of aromatic nitrogens is 5. The molecule has 310 valence electrons. The zero-order chi connectivity index (χ0) is 42.2. The van der Waals surface area contributed by atoms with E-state index in [1.165, 1.54) is 0 Å². The van der Waals surface area contributed by atoms with Gasteiger partial charge < -0.3 is 15.1 Å². The van der Waals surface area contributed by atoms with Crippen LogP contribution in [0.4, 0.5) is 5.95 Å². The van der Waals surface area contributed by atoms with Gasteiger partial charge in [-0.3, -0.25) is 24.5 Å². The minimum Gasteiger partial charge on any atom is -0.352 e. The van der Waals surface area contributed by atoms with Gasteiger partial charge in [0.15, 0.2) is 0 Å². The monoisotopic (exact) mass is 844 g/mol. The first-order chi connectivity index (χ1) is 29.1. The van der Waals surface area contributed by atoms with E-state index in [9.17, 15) is 9.59 Å². The third-order valence-corrected chi connectivity index (χ3v) is 11.8. The molecule has 60 heavy (non-hydrogen) atoms. The van der Waals surface area contributed by atoms with Crippen LogP contribution in [0.3, 0.4) is 0 Å². The van der Waals surface area contributed by atoms with Gasteiger partial charge in [-0.25, -0.2) is 19.9 Å². The number of aryl methyl sites for hydroxylation is 1. The van der Waals surface area contributed by atoms with Gasteiger partial charge in [0.25, 0.3) is 11.8 Å². The Hall–Kier alpha value is -5.59. The lowest BCUT2D eigenvalue weighted by atomic mass is 9.83. The standard InChI is InChI=1S/C46H50Cl2N10O2/c1-29-9-7-19-57(39(29)27-52-41(49-4)16-13-30(2)47)45(60)43-38(15-14-31(3)56-43)35-22-32(23-50-24-35)21-34-11-8-20-58(40(34)28-55-46-53-25-36(48)26-54-46)44(59)42-37-12-6-5-10-33(37)17-18-51-42/h5-6,10,12-18,22-26,29-30,34,39-40H,4,7-9,11,19-21,27-28H2,1-3H3,(H,53,54,55)/b16-13-,52-41?. The summed E-state index contributed by atoms with van der Waals surface area (Å²) in [6.07, 6.45) is 16.3. The number of pyridine rings is 3. The normalized spacial score (nSPS) is 20.3. The number of allylic oxidation sites excluding steroid dienone is 1. The first-order valence-corrected chi connectivity index (χ1v) is 21.3. The highest BCUT2D eigenvalue weighted by molar-refractivity contribution is 6.30. The molecule has 0 bridgehead atoms. The largest absolute Gasteiger partial charge is 0.352 e. The summed E-state index contributed by atoms with van der Waals surface area (Å²) in [6.45, 7) is 11.6. The highest BCUT2D eigenvalue weighted by Gasteiger charge is 2.37. The molecule has 5 atom stereocenters. The summed E-state index contributed by atoms with van der Waals surface area (Å²) in [7, 11) is 0. The summed E-state index contributed by atoms with van der Waals surface area (Å²) >= 11 is 12.2. The molecule has 0 saturated carbocycles. The quantitative estimate of drug-likeness (QED) is 0.0749. The molecule has 2 aliphatic heterocycles. The van der Waals surface area contributed by atoms with E-state index >= 15 is 0 Å². The number of carbonyl (C=O) groups excluding carboxylic acids is 2. The molecule has 0 radical (unpaired) electrons. The lowest BCUT2D eigenvalue weighted by Crippen LogP contribution is -2.52. The van der Waals surface area contributed by atoms with E-state index in [-0.39, 0.29) is 41.1 Å². The van der Waals surface area contributed by atoms with Crippen LogP contribution in [-0.2, 0) is 6.42 Å². The Balaban J connectivity index is 1.17. The van der Waals surface area contributed by atoms with Crippen LogP contribution in [0.1, 0.15) is 71.8 Å². The molecule has 6 heterocycles. The molecule has 0 spiro atoms. The maximum absolute atomic E-state index is 14.6.